The summed E-state index contributed by atoms with van der Waals surface area (Å²) >= 11 is 1.39. The van der Waals surface area contributed by atoms with Crippen LogP contribution < -0.4 is 20.8 Å². The molecule has 0 bridgehead atoms. The van der Waals surface area contributed by atoms with Crippen molar-refractivity contribution >= 4 is 34.6 Å². The Morgan fingerprint density at radius 3 is 2.35 bits per heavy atom. The van der Waals surface area contributed by atoms with Gasteiger partial charge in [-0.3, -0.25) is 4.79 Å². The van der Waals surface area contributed by atoms with Gasteiger partial charge >= 0.3 is 5.63 Å². The van der Waals surface area contributed by atoms with Crippen molar-refractivity contribution in [1.29, 1.82) is 0 Å². The first-order valence-electron chi connectivity index (χ1n) is 11.8. The van der Waals surface area contributed by atoms with Crippen LogP contribution >= 0.6 is 11.8 Å². The van der Waals surface area contributed by atoms with E-state index in [4.69, 9.17) is 9.15 Å². The van der Waals surface area contributed by atoms with E-state index in [2.05, 4.69) is 5.32 Å². The number of fused-ring (bicyclic) bond motifs is 1. The highest BCUT2D eigenvalue weighted by atomic mass is 32.2. The molecule has 0 unspecified atom stereocenters. The number of rotatable bonds is 11. The molecule has 4 rings (SSSR count). The Balaban J connectivity index is 1.36. The number of ether oxygens (including phenoxy) is 1. The van der Waals surface area contributed by atoms with E-state index in [1.165, 1.54) is 11.8 Å². The number of carboxylic acid groups (broad SMARTS) is 1. The lowest BCUT2D eigenvalue weighted by Crippen LogP contribution is -2.50. The van der Waals surface area contributed by atoms with E-state index < -0.39 is 30.2 Å². The number of nitrogens with one attached hydrogen (secondary N) is 1. The molecular formula is C29H26NO6S-. The van der Waals surface area contributed by atoms with Gasteiger partial charge in [0.05, 0.1) is 12.0 Å². The fourth-order valence-electron chi connectivity index (χ4n) is 3.89. The zero-order valence-electron chi connectivity index (χ0n) is 20.3. The van der Waals surface area contributed by atoms with Gasteiger partial charge in [-0.15, -0.1) is 0 Å². The summed E-state index contributed by atoms with van der Waals surface area (Å²) in [6.45, 7) is 1.48. The molecule has 7 nitrogen and oxygen atoms in total. The second-order valence-electron chi connectivity index (χ2n) is 8.54. The van der Waals surface area contributed by atoms with E-state index in [9.17, 15) is 19.5 Å². The van der Waals surface area contributed by atoms with Crippen LogP contribution in [-0.4, -0.2) is 30.3 Å². The van der Waals surface area contributed by atoms with Gasteiger partial charge in [-0.05, 0) is 35.7 Å². The van der Waals surface area contributed by atoms with Gasteiger partial charge in [0, 0.05) is 34.9 Å². The smallest absolute Gasteiger partial charge is 0.340 e. The minimum Gasteiger partial charge on any atom is -0.548 e. The van der Waals surface area contributed by atoms with Crippen molar-refractivity contribution in [3.05, 3.63) is 112 Å². The maximum absolute atomic E-state index is 12.7. The average Bonchev–Trinajstić information content (AvgIpc) is 2.90. The number of hydrogen-bond donors (Lipinski definition) is 1. The van der Waals surface area contributed by atoms with Crippen LogP contribution in [0.15, 0.2) is 88.1 Å². The third-order valence-corrected chi connectivity index (χ3v) is 6.97. The zero-order chi connectivity index (χ0) is 26.2. The number of benzene rings is 3. The molecular weight excluding hydrogens is 490 g/mol. The lowest BCUT2D eigenvalue weighted by molar-refractivity contribution is -0.307. The van der Waals surface area contributed by atoms with E-state index in [1.54, 1.807) is 18.2 Å². The topological polar surface area (TPSA) is 109 Å². The third kappa shape index (κ3) is 7.01. The van der Waals surface area contributed by atoms with Crippen LogP contribution in [0.4, 0.5) is 0 Å². The monoisotopic (exact) mass is 516 g/mol. The summed E-state index contributed by atoms with van der Waals surface area (Å²) in [5, 5.41) is 14.7. The highest BCUT2D eigenvalue weighted by molar-refractivity contribution is 7.98. The third-order valence-electron chi connectivity index (χ3n) is 5.87. The van der Waals surface area contributed by atoms with Gasteiger partial charge in [0.2, 0.25) is 0 Å². The standard InChI is InChI=1S/C29H27NO6S/c1-19-23-13-12-22(15-26(23)36-29(34)24(19)14-20-8-4-2-5-9-20)35-16-27(31)30-25(28(32)33)18-37-17-21-10-6-3-7-11-21/h2-13,15,25H,14,16-18H2,1H3,(H,30,31)(H,32,33)/p-1/t25-/m0/s1. The molecule has 190 valence electrons. The molecule has 1 atom stereocenters. The van der Waals surface area contributed by atoms with E-state index in [0.29, 0.717) is 29.1 Å². The molecule has 3 aromatic carbocycles. The molecule has 1 N–H and O–H groups in total. The van der Waals surface area contributed by atoms with Crippen molar-refractivity contribution in [3.8, 4) is 5.75 Å². The van der Waals surface area contributed by atoms with Crippen LogP contribution in [0.5, 0.6) is 5.75 Å². The van der Waals surface area contributed by atoms with Crippen LogP contribution in [0, 0.1) is 6.92 Å². The summed E-state index contributed by atoms with van der Waals surface area (Å²) in [6, 6.07) is 23.2. The highest BCUT2D eigenvalue weighted by Gasteiger charge is 2.16. The molecule has 4 aromatic rings. The molecule has 0 aliphatic carbocycles. The molecule has 1 aromatic heterocycles. The fraction of sp³-hybridized carbons (Fsp3) is 0.207. The number of aryl methyl sites for hydroxylation is 1. The van der Waals surface area contributed by atoms with Crippen LogP contribution in [0.1, 0.15) is 22.3 Å². The van der Waals surface area contributed by atoms with Gasteiger partial charge < -0.3 is 24.4 Å². The Kier molecular flexibility index (Phi) is 8.64. The van der Waals surface area contributed by atoms with Crippen molar-refractivity contribution in [2.24, 2.45) is 0 Å². The molecule has 0 spiro atoms. The Hall–Kier alpha value is -4.04. The number of hydrogen-bond acceptors (Lipinski definition) is 7. The molecule has 0 saturated carbocycles. The van der Waals surface area contributed by atoms with Crippen molar-refractivity contribution in [2.75, 3.05) is 12.4 Å². The summed E-state index contributed by atoms with van der Waals surface area (Å²) in [5.41, 5.74) is 3.41. The van der Waals surface area contributed by atoms with Crippen molar-refractivity contribution < 1.29 is 23.8 Å². The maximum atomic E-state index is 12.7. The second-order valence-corrected chi connectivity index (χ2v) is 9.57. The molecule has 1 heterocycles. The number of aliphatic carboxylic acids is 1. The Bertz CT molecular complexity index is 1440. The Labute approximate surface area is 218 Å². The lowest BCUT2D eigenvalue weighted by Gasteiger charge is -2.19. The van der Waals surface area contributed by atoms with Gasteiger partial charge in [0.25, 0.3) is 5.91 Å². The van der Waals surface area contributed by atoms with E-state index >= 15 is 0 Å². The summed E-state index contributed by atoms with van der Waals surface area (Å²) in [5.74, 6) is -0.849. The molecule has 8 heteroatoms. The van der Waals surface area contributed by atoms with Crippen molar-refractivity contribution in [3.63, 3.8) is 0 Å². The van der Waals surface area contributed by atoms with E-state index in [-0.39, 0.29) is 5.75 Å². The van der Waals surface area contributed by atoms with Gasteiger partial charge in [-0.25, -0.2) is 4.79 Å². The zero-order valence-corrected chi connectivity index (χ0v) is 21.1. The van der Waals surface area contributed by atoms with Gasteiger partial charge in [-0.1, -0.05) is 60.7 Å². The van der Waals surface area contributed by atoms with Gasteiger partial charge in [-0.2, -0.15) is 11.8 Å². The van der Waals surface area contributed by atoms with Crippen molar-refractivity contribution in [1.82, 2.24) is 5.32 Å². The minimum atomic E-state index is -1.36. The Morgan fingerprint density at radius 1 is 1.00 bits per heavy atom. The van der Waals surface area contributed by atoms with Crippen LogP contribution in [0.25, 0.3) is 11.0 Å². The Morgan fingerprint density at radius 2 is 1.68 bits per heavy atom. The molecule has 0 saturated heterocycles. The normalized spacial score (nSPS) is 11.7. The van der Waals surface area contributed by atoms with Crippen molar-refractivity contribution in [2.45, 2.75) is 25.1 Å². The number of thioether (sulfide) groups is 1. The first-order chi connectivity index (χ1) is 17.9. The van der Waals surface area contributed by atoms with Crippen LogP contribution in [0.3, 0.4) is 0 Å². The van der Waals surface area contributed by atoms with Gasteiger partial charge in [0.15, 0.2) is 6.61 Å². The molecule has 0 aliphatic heterocycles. The summed E-state index contributed by atoms with van der Waals surface area (Å²) in [7, 11) is 0. The summed E-state index contributed by atoms with van der Waals surface area (Å²) in [6.07, 6.45) is 0.465. The predicted octanol–water partition coefficient (Wildman–Crippen LogP) is 3.24. The SMILES string of the molecule is Cc1c(Cc2ccccc2)c(=O)oc2cc(OCC(=O)N[C@@H](CSCc3ccccc3)C(=O)[O-])ccc12. The lowest BCUT2D eigenvalue weighted by atomic mass is 10.00. The molecule has 0 radical (unpaired) electrons. The van der Waals surface area contributed by atoms with E-state index in [1.807, 2.05) is 67.6 Å². The summed E-state index contributed by atoms with van der Waals surface area (Å²) in [4.78, 5) is 36.5. The number of carbonyl (C=O) groups is 2. The van der Waals surface area contributed by atoms with Crippen LogP contribution in [0.2, 0.25) is 0 Å². The van der Waals surface area contributed by atoms with Crippen LogP contribution in [-0.2, 0) is 21.8 Å². The first-order valence-corrected chi connectivity index (χ1v) is 12.9. The number of carboxylic acids is 1. The molecule has 0 fully saturated rings. The summed E-state index contributed by atoms with van der Waals surface area (Å²) < 4.78 is 11.1. The quantitative estimate of drug-likeness (QED) is 0.305. The van der Waals surface area contributed by atoms with E-state index in [0.717, 1.165) is 22.1 Å². The number of carbonyl (C=O) groups excluding carboxylic acids is 2. The predicted molar refractivity (Wildman–Crippen MR) is 142 cm³/mol. The minimum absolute atomic E-state index is 0.161. The molecule has 1 amide bonds. The first kappa shape index (κ1) is 26.0. The average molecular weight is 517 g/mol. The fourth-order valence-corrected chi connectivity index (χ4v) is 4.89. The maximum Gasteiger partial charge on any atom is 0.340 e. The molecule has 0 aliphatic rings. The number of amides is 1. The van der Waals surface area contributed by atoms with Gasteiger partial charge in [0.1, 0.15) is 11.3 Å². The largest absolute Gasteiger partial charge is 0.548 e. The highest BCUT2D eigenvalue weighted by Crippen LogP contribution is 2.25. The second kappa shape index (κ2) is 12.3. The molecule has 37 heavy (non-hydrogen) atoms.